The van der Waals surface area contributed by atoms with Gasteiger partial charge in [0.1, 0.15) is 11.8 Å². The van der Waals surface area contributed by atoms with E-state index < -0.39 is 12.0 Å². The summed E-state index contributed by atoms with van der Waals surface area (Å²) < 4.78 is 4.97. The molecule has 0 aliphatic carbocycles. The second kappa shape index (κ2) is 4.05. The fraction of sp³-hybridized carbons (Fsp3) is 0.300. The minimum Gasteiger partial charge on any atom is -0.425 e. The molecule has 0 bridgehead atoms. The number of esters is 1. The molecule has 1 rings (SSSR count). The largest absolute Gasteiger partial charge is 0.425 e. The van der Waals surface area contributed by atoms with Crippen molar-refractivity contribution in [1.82, 2.24) is 0 Å². The van der Waals surface area contributed by atoms with E-state index >= 15 is 0 Å². The zero-order valence-corrected chi connectivity index (χ0v) is 7.78. The Labute approximate surface area is 77.5 Å². The highest BCUT2D eigenvalue weighted by molar-refractivity contribution is 5.77. The van der Waals surface area contributed by atoms with Gasteiger partial charge in [-0.3, -0.25) is 0 Å². The lowest BCUT2D eigenvalue weighted by Gasteiger charge is -2.06. The zero-order valence-electron chi connectivity index (χ0n) is 7.78. The Kier molecular flexibility index (Phi) is 3.03. The van der Waals surface area contributed by atoms with Crippen LogP contribution in [0.5, 0.6) is 5.75 Å². The van der Waals surface area contributed by atoms with Gasteiger partial charge in [-0.15, -0.1) is 0 Å². The smallest absolute Gasteiger partial charge is 0.328 e. The summed E-state index contributed by atoms with van der Waals surface area (Å²) in [4.78, 5) is 11.0. The van der Waals surface area contributed by atoms with Crippen LogP contribution in [0.15, 0.2) is 24.3 Å². The summed E-state index contributed by atoms with van der Waals surface area (Å²) in [6.07, 6.45) is 0. The molecule has 13 heavy (non-hydrogen) atoms. The number of aryl methyl sites for hydroxylation is 1. The van der Waals surface area contributed by atoms with Crippen LogP contribution in [0.3, 0.4) is 0 Å². The lowest BCUT2D eigenvalue weighted by Crippen LogP contribution is -2.30. The van der Waals surface area contributed by atoms with E-state index in [-0.39, 0.29) is 0 Å². The predicted molar refractivity (Wildman–Crippen MR) is 50.5 cm³/mol. The molecule has 0 aromatic heterocycles. The van der Waals surface area contributed by atoms with Crippen molar-refractivity contribution in [3.63, 3.8) is 0 Å². The number of hydrogen-bond acceptors (Lipinski definition) is 3. The van der Waals surface area contributed by atoms with Gasteiger partial charge in [0.25, 0.3) is 0 Å². The summed E-state index contributed by atoms with van der Waals surface area (Å²) in [5, 5.41) is 0. The summed E-state index contributed by atoms with van der Waals surface area (Å²) in [5.41, 5.74) is 6.46. The molecule has 1 atom stereocenters. The fourth-order valence-electron chi connectivity index (χ4n) is 0.815. The van der Waals surface area contributed by atoms with Crippen molar-refractivity contribution in [2.45, 2.75) is 19.9 Å². The molecule has 1 aromatic rings. The molecule has 0 radical (unpaired) electrons. The molecular formula is C10H13NO2. The minimum atomic E-state index is -0.582. The molecule has 0 spiro atoms. The molecule has 0 amide bonds. The number of ether oxygens (including phenoxy) is 1. The van der Waals surface area contributed by atoms with Crippen molar-refractivity contribution in [2.75, 3.05) is 0 Å². The van der Waals surface area contributed by atoms with Gasteiger partial charge in [-0.25, -0.2) is 4.79 Å². The summed E-state index contributed by atoms with van der Waals surface area (Å²) in [7, 11) is 0. The van der Waals surface area contributed by atoms with Crippen LogP contribution in [0.25, 0.3) is 0 Å². The van der Waals surface area contributed by atoms with Crippen molar-refractivity contribution in [3.8, 4) is 5.75 Å². The third-order valence-corrected chi connectivity index (χ3v) is 1.61. The van der Waals surface area contributed by atoms with Gasteiger partial charge >= 0.3 is 5.97 Å². The minimum absolute atomic E-state index is 0.413. The van der Waals surface area contributed by atoms with E-state index in [4.69, 9.17) is 10.5 Å². The van der Waals surface area contributed by atoms with Crippen molar-refractivity contribution >= 4 is 5.97 Å². The van der Waals surface area contributed by atoms with Crippen LogP contribution in [-0.2, 0) is 4.79 Å². The Hall–Kier alpha value is -1.35. The van der Waals surface area contributed by atoms with E-state index in [9.17, 15) is 4.79 Å². The number of hydrogen-bond donors (Lipinski definition) is 1. The number of rotatable bonds is 2. The van der Waals surface area contributed by atoms with E-state index in [2.05, 4.69) is 0 Å². The van der Waals surface area contributed by atoms with E-state index in [0.717, 1.165) is 5.56 Å². The Bertz CT molecular complexity index is 290. The highest BCUT2D eigenvalue weighted by Crippen LogP contribution is 2.11. The lowest BCUT2D eigenvalue weighted by molar-refractivity contribution is -0.135. The summed E-state index contributed by atoms with van der Waals surface area (Å²) in [6, 6.07) is 6.67. The Morgan fingerprint density at radius 2 is 1.92 bits per heavy atom. The van der Waals surface area contributed by atoms with E-state index in [1.54, 1.807) is 19.1 Å². The van der Waals surface area contributed by atoms with Gasteiger partial charge in [0, 0.05) is 0 Å². The molecule has 0 saturated carbocycles. The van der Waals surface area contributed by atoms with Gasteiger partial charge in [-0.1, -0.05) is 17.7 Å². The maximum absolute atomic E-state index is 11.0. The molecule has 0 saturated heterocycles. The molecule has 70 valence electrons. The molecule has 3 nitrogen and oxygen atoms in total. The van der Waals surface area contributed by atoms with Gasteiger partial charge in [0.15, 0.2) is 0 Å². The normalized spacial score (nSPS) is 12.2. The molecular weight excluding hydrogens is 166 g/mol. The summed E-state index contributed by atoms with van der Waals surface area (Å²) >= 11 is 0. The van der Waals surface area contributed by atoms with E-state index in [1.165, 1.54) is 0 Å². The third kappa shape index (κ3) is 2.87. The van der Waals surface area contributed by atoms with Gasteiger partial charge in [-0.05, 0) is 26.0 Å². The van der Waals surface area contributed by atoms with Crippen LogP contribution in [-0.4, -0.2) is 12.0 Å². The Balaban J connectivity index is 2.65. The number of benzene rings is 1. The van der Waals surface area contributed by atoms with Crippen LogP contribution in [0.1, 0.15) is 12.5 Å². The van der Waals surface area contributed by atoms with Crippen molar-refractivity contribution < 1.29 is 9.53 Å². The first-order valence-electron chi connectivity index (χ1n) is 4.13. The SMILES string of the molecule is Cc1ccc(OC(=O)[C@H](C)N)cc1. The van der Waals surface area contributed by atoms with Crippen molar-refractivity contribution in [3.05, 3.63) is 29.8 Å². The maximum Gasteiger partial charge on any atom is 0.328 e. The second-order valence-electron chi connectivity index (χ2n) is 3.02. The number of nitrogens with two attached hydrogens (primary N) is 1. The zero-order chi connectivity index (χ0) is 9.84. The van der Waals surface area contributed by atoms with Gasteiger partial charge < -0.3 is 10.5 Å². The predicted octanol–water partition coefficient (Wildman–Crippen LogP) is 1.25. The fourth-order valence-corrected chi connectivity index (χ4v) is 0.815. The first-order chi connectivity index (χ1) is 6.09. The quantitative estimate of drug-likeness (QED) is 0.549. The van der Waals surface area contributed by atoms with Gasteiger partial charge in [0.2, 0.25) is 0 Å². The molecule has 0 heterocycles. The standard InChI is InChI=1S/C10H13NO2/c1-7-3-5-9(6-4-7)13-10(12)8(2)11/h3-6,8H,11H2,1-2H3/t8-/m0/s1. The molecule has 0 aliphatic rings. The van der Waals surface area contributed by atoms with Crippen LogP contribution in [0, 0.1) is 6.92 Å². The van der Waals surface area contributed by atoms with Crippen LogP contribution in [0.4, 0.5) is 0 Å². The van der Waals surface area contributed by atoms with Crippen molar-refractivity contribution in [1.29, 1.82) is 0 Å². The lowest BCUT2D eigenvalue weighted by atomic mass is 10.2. The summed E-state index contributed by atoms with van der Waals surface area (Å²) in [5.74, 6) is 0.122. The van der Waals surface area contributed by atoms with Crippen molar-refractivity contribution in [2.24, 2.45) is 5.73 Å². The van der Waals surface area contributed by atoms with Gasteiger partial charge in [-0.2, -0.15) is 0 Å². The maximum atomic E-state index is 11.0. The third-order valence-electron chi connectivity index (χ3n) is 1.61. The highest BCUT2D eigenvalue weighted by atomic mass is 16.5. The van der Waals surface area contributed by atoms with Crippen LogP contribution in [0.2, 0.25) is 0 Å². The topological polar surface area (TPSA) is 52.3 Å². The van der Waals surface area contributed by atoms with E-state index in [1.807, 2.05) is 19.1 Å². The number of carbonyl (C=O) groups is 1. The summed E-state index contributed by atoms with van der Waals surface area (Å²) in [6.45, 7) is 3.56. The van der Waals surface area contributed by atoms with Crippen LogP contribution < -0.4 is 10.5 Å². The molecule has 1 aromatic carbocycles. The Morgan fingerprint density at radius 1 is 1.38 bits per heavy atom. The van der Waals surface area contributed by atoms with Crippen LogP contribution >= 0.6 is 0 Å². The average Bonchev–Trinajstić information content (AvgIpc) is 2.08. The van der Waals surface area contributed by atoms with E-state index in [0.29, 0.717) is 5.75 Å². The number of carbonyl (C=O) groups excluding carboxylic acids is 1. The molecule has 0 unspecified atom stereocenters. The van der Waals surface area contributed by atoms with Gasteiger partial charge in [0.05, 0.1) is 0 Å². The molecule has 0 aliphatic heterocycles. The monoisotopic (exact) mass is 179 g/mol. The molecule has 2 N–H and O–H groups in total. The molecule has 3 heteroatoms. The molecule has 0 fully saturated rings. The second-order valence-corrected chi connectivity index (χ2v) is 3.02. The first-order valence-corrected chi connectivity index (χ1v) is 4.13. The first kappa shape index (κ1) is 9.74. The highest BCUT2D eigenvalue weighted by Gasteiger charge is 2.09. The average molecular weight is 179 g/mol. The Morgan fingerprint density at radius 3 is 2.38 bits per heavy atom.